The monoisotopic (exact) mass is 276 g/mol. The Morgan fingerprint density at radius 1 is 0.800 bits per heavy atom. The van der Waals surface area contributed by atoms with Crippen LogP contribution < -0.4 is 4.74 Å². The Morgan fingerprint density at radius 3 is 1.70 bits per heavy atom. The van der Waals surface area contributed by atoms with Crippen molar-refractivity contribution in [3.05, 3.63) is 28.8 Å². The maximum atomic E-state index is 6.28. The smallest absolute Gasteiger partial charge is 0.124 e. The van der Waals surface area contributed by atoms with Crippen molar-refractivity contribution in [3.63, 3.8) is 0 Å². The number of rotatable bonds is 2. The van der Waals surface area contributed by atoms with E-state index in [4.69, 9.17) is 4.74 Å². The van der Waals surface area contributed by atoms with Crippen LogP contribution in [0.5, 0.6) is 5.75 Å². The molecule has 0 amide bonds. The summed E-state index contributed by atoms with van der Waals surface area (Å²) >= 11 is 0. The maximum absolute atomic E-state index is 6.28. The van der Waals surface area contributed by atoms with Gasteiger partial charge in [0.05, 0.1) is 0 Å². The predicted molar refractivity (Wildman–Crippen MR) is 88.8 cm³/mol. The van der Waals surface area contributed by atoms with E-state index in [1.54, 1.807) is 0 Å². The molecule has 0 aliphatic rings. The first-order valence-electron chi connectivity index (χ1n) is 7.56. The third-order valence-corrected chi connectivity index (χ3v) is 4.36. The van der Waals surface area contributed by atoms with Gasteiger partial charge in [-0.3, -0.25) is 0 Å². The molecule has 114 valence electrons. The van der Waals surface area contributed by atoms with Gasteiger partial charge in [0, 0.05) is 5.56 Å². The molecule has 20 heavy (non-hydrogen) atoms. The van der Waals surface area contributed by atoms with E-state index in [-0.39, 0.29) is 16.4 Å². The van der Waals surface area contributed by atoms with Gasteiger partial charge in [0.15, 0.2) is 0 Å². The first kappa shape index (κ1) is 17.1. The largest absolute Gasteiger partial charge is 0.488 e. The Balaban J connectivity index is 3.53. The van der Waals surface area contributed by atoms with Crippen LogP contribution in [-0.2, 0) is 5.41 Å². The maximum Gasteiger partial charge on any atom is 0.124 e. The highest BCUT2D eigenvalue weighted by Gasteiger charge is 2.38. The molecule has 1 rings (SSSR count). The van der Waals surface area contributed by atoms with Crippen molar-refractivity contribution in [2.75, 3.05) is 0 Å². The summed E-state index contributed by atoms with van der Waals surface area (Å²) in [5.74, 6) is 1.04. The molecule has 0 aromatic heterocycles. The summed E-state index contributed by atoms with van der Waals surface area (Å²) in [5.41, 5.74) is 3.96. The van der Waals surface area contributed by atoms with Crippen LogP contribution in [0.25, 0.3) is 0 Å². The van der Waals surface area contributed by atoms with Crippen molar-refractivity contribution in [2.24, 2.45) is 5.41 Å². The molecule has 1 aromatic carbocycles. The van der Waals surface area contributed by atoms with Crippen LogP contribution in [0.2, 0.25) is 0 Å². The number of hydrogen-bond acceptors (Lipinski definition) is 1. The molecule has 1 aromatic rings. The fourth-order valence-corrected chi connectivity index (χ4v) is 2.51. The average molecular weight is 276 g/mol. The second-order valence-corrected chi connectivity index (χ2v) is 8.54. The number of ether oxygens (including phenoxy) is 1. The summed E-state index contributed by atoms with van der Waals surface area (Å²) in [5, 5.41) is 0. The Kier molecular flexibility index (Phi) is 4.35. The van der Waals surface area contributed by atoms with Crippen molar-refractivity contribution in [1.29, 1.82) is 0 Å². The van der Waals surface area contributed by atoms with Crippen molar-refractivity contribution in [2.45, 2.75) is 80.3 Å². The molecule has 0 fully saturated rings. The molecule has 0 aliphatic heterocycles. The molecule has 0 saturated carbocycles. The van der Waals surface area contributed by atoms with Gasteiger partial charge in [-0.05, 0) is 62.6 Å². The van der Waals surface area contributed by atoms with Crippen molar-refractivity contribution < 1.29 is 4.74 Å². The van der Waals surface area contributed by atoms with E-state index in [1.165, 1.54) is 16.7 Å². The lowest BCUT2D eigenvalue weighted by atomic mass is 9.64. The summed E-state index contributed by atoms with van der Waals surface area (Å²) in [6, 6.07) is 4.44. The summed E-state index contributed by atoms with van der Waals surface area (Å²) in [6.45, 7) is 22.2. The molecule has 0 saturated heterocycles. The molecular weight excluding hydrogens is 244 g/mol. The van der Waals surface area contributed by atoms with E-state index in [1.807, 2.05) is 0 Å². The van der Waals surface area contributed by atoms with Gasteiger partial charge < -0.3 is 4.74 Å². The van der Waals surface area contributed by atoms with Gasteiger partial charge in [0.2, 0.25) is 0 Å². The van der Waals surface area contributed by atoms with Crippen LogP contribution in [0.1, 0.15) is 72.1 Å². The lowest BCUT2D eigenvalue weighted by Gasteiger charge is -2.42. The number of aryl methyl sites for hydroxylation is 2. The second-order valence-electron chi connectivity index (χ2n) is 8.54. The molecule has 1 heteroatoms. The molecular formula is C19H32O. The first-order chi connectivity index (χ1) is 8.75. The van der Waals surface area contributed by atoms with Crippen LogP contribution in [0, 0.1) is 19.3 Å². The minimum absolute atomic E-state index is 0.0470. The molecule has 0 heterocycles. The summed E-state index contributed by atoms with van der Waals surface area (Å²) in [4.78, 5) is 0. The molecule has 0 atom stereocenters. The van der Waals surface area contributed by atoms with Gasteiger partial charge >= 0.3 is 0 Å². The molecule has 0 unspecified atom stereocenters. The van der Waals surface area contributed by atoms with Gasteiger partial charge in [-0.1, -0.05) is 40.7 Å². The number of hydrogen-bond donors (Lipinski definition) is 0. The Bertz CT molecular complexity index is 482. The van der Waals surface area contributed by atoms with Crippen molar-refractivity contribution >= 4 is 0 Å². The molecule has 0 spiro atoms. The lowest BCUT2D eigenvalue weighted by Crippen LogP contribution is -2.36. The van der Waals surface area contributed by atoms with Crippen LogP contribution in [0.3, 0.4) is 0 Å². The molecule has 0 radical (unpaired) electrons. The third-order valence-electron chi connectivity index (χ3n) is 4.36. The van der Waals surface area contributed by atoms with E-state index in [2.05, 4.69) is 81.4 Å². The van der Waals surface area contributed by atoms with Gasteiger partial charge in [0.25, 0.3) is 0 Å². The Labute approximate surface area is 125 Å². The number of benzene rings is 1. The summed E-state index contributed by atoms with van der Waals surface area (Å²) < 4.78 is 6.28. The Morgan fingerprint density at radius 2 is 1.30 bits per heavy atom. The van der Waals surface area contributed by atoms with E-state index in [0.717, 1.165) is 5.75 Å². The highest BCUT2D eigenvalue weighted by atomic mass is 16.5. The van der Waals surface area contributed by atoms with Crippen LogP contribution in [-0.4, -0.2) is 5.60 Å². The fourth-order valence-electron chi connectivity index (χ4n) is 2.51. The molecule has 0 N–H and O–H groups in total. The standard InChI is InChI=1S/C19H32O/c1-13-11-14(2)16(19(9,10)17(3,4)5)15(12-13)20-18(6,7)8/h11-12H,1-10H3. The molecule has 1 nitrogen and oxygen atoms in total. The third kappa shape index (κ3) is 3.56. The zero-order valence-electron chi connectivity index (χ0n) is 15.1. The fraction of sp³-hybridized carbons (Fsp3) is 0.684. The average Bonchev–Trinajstić information content (AvgIpc) is 2.09. The second kappa shape index (κ2) is 5.09. The van der Waals surface area contributed by atoms with Gasteiger partial charge in [0.1, 0.15) is 11.4 Å². The molecule has 0 bridgehead atoms. The van der Waals surface area contributed by atoms with E-state index < -0.39 is 0 Å². The normalized spacial score (nSPS) is 13.5. The quantitative estimate of drug-likeness (QED) is 0.663. The van der Waals surface area contributed by atoms with E-state index in [0.29, 0.717) is 0 Å². The topological polar surface area (TPSA) is 9.23 Å². The van der Waals surface area contributed by atoms with E-state index >= 15 is 0 Å². The van der Waals surface area contributed by atoms with E-state index in [9.17, 15) is 0 Å². The summed E-state index contributed by atoms with van der Waals surface area (Å²) in [7, 11) is 0. The van der Waals surface area contributed by atoms with Gasteiger partial charge in [-0.25, -0.2) is 0 Å². The van der Waals surface area contributed by atoms with Crippen LogP contribution in [0.15, 0.2) is 12.1 Å². The first-order valence-corrected chi connectivity index (χ1v) is 7.56. The zero-order valence-corrected chi connectivity index (χ0v) is 15.1. The van der Waals surface area contributed by atoms with Crippen LogP contribution >= 0.6 is 0 Å². The van der Waals surface area contributed by atoms with Crippen molar-refractivity contribution in [1.82, 2.24) is 0 Å². The SMILES string of the molecule is Cc1cc(C)c(C(C)(C)C(C)(C)C)c(OC(C)(C)C)c1. The lowest BCUT2D eigenvalue weighted by molar-refractivity contribution is 0.121. The minimum atomic E-state index is -0.178. The molecule has 0 aliphatic carbocycles. The minimum Gasteiger partial charge on any atom is -0.488 e. The van der Waals surface area contributed by atoms with Gasteiger partial charge in [-0.2, -0.15) is 0 Å². The van der Waals surface area contributed by atoms with Crippen molar-refractivity contribution in [3.8, 4) is 5.75 Å². The Hall–Kier alpha value is -0.980. The summed E-state index contributed by atoms with van der Waals surface area (Å²) in [6.07, 6.45) is 0. The van der Waals surface area contributed by atoms with Crippen LogP contribution in [0.4, 0.5) is 0 Å². The highest BCUT2D eigenvalue weighted by molar-refractivity contribution is 5.48. The van der Waals surface area contributed by atoms with Gasteiger partial charge in [-0.15, -0.1) is 0 Å². The highest BCUT2D eigenvalue weighted by Crippen LogP contribution is 2.46. The zero-order chi connectivity index (χ0) is 15.9. The predicted octanol–water partition coefficient (Wildman–Crippen LogP) is 5.80.